The van der Waals surface area contributed by atoms with Crippen molar-refractivity contribution in [3.05, 3.63) is 66.0 Å². The number of benzene rings is 1. The van der Waals surface area contributed by atoms with E-state index in [1.165, 1.54) is 5.56 Å². The van der Waals surface area contributed by atoms with Crippen LogP contribution in [0.3, 0.4) is 0 Å². The Hall–Kier alpha value is -2.86. The molecule has 1 aliphatic rings. The number of nitrogen functional groups attached to an aromatic ring is 1. The maximum Gasteiger partial charge on any atom is 0.257 e. The Morgan fingerprint density at radius 2 is 2.12 bits per heavy atom. The van der Waals surface area contributed by atoms with Crippen molar-refractivity contribution in [3.8, 4) is 0 Å². The number of hydrogen-bond donors (Lipinski definition) is 1. The zero-order valence-electron chi connectivity index (χ0n) is 13.8. The topological polar surface area (TPSA) is 72.9 Å². The van der Waals surface area contributed by atoms with Crippen molar-refractivity contribution in [2.24, 2.45) is 0 Å². The first-order valence-electron chi connectivity index (χ1n) is 8.38. The van der Waals surface area contributed by atoms with Gasteiger partial charge in [-0.15, -0.1) is 0 Å². The van der Waals surface area contributed by atoms with Gasteiger partial charge in [-0.3, -0.25) is 4.79 Å². The number of aromatic nitrogens is 2. The van der Waals surface area contributed by atoms with Crippen LogP contribution >= 0.6 is 0 Å². The first kappa shape index (κ1) is 15.7. The number of nitrogens with two attached hydrogens (primary N) is 1. The number of hydrogen-bond acceptors (Lipinski definition) is 4. The lowest BCUT2D eigenvalue weighted by Crippen LogP contribution is -2.46. The van der Waals surface area contributed by atoms with Crippen molar-refractivity contribution in [3.63, 3.8) is 0 Å². The molecule has 2 N–H and O–H groups in total. The second kappa shape index (κ2) is 6.57. The second-order valence-corrected chi connectivity index (χ2v) is 6.28. The minimum Gasteiger partial charge on any atom is -0.399 e. The van der Waals surface area contributed by atoms with Crippen molar-refractivity contribution in [2.45, 2.75) is 12.5 Å². The Balaban J connectivity index is 1.52. The highest BCUT2D eigenvalue weighted by Crippen LogP contribution is 2.19. The van der Waals surface area contributed by atoms with Crippen LogP contribution in [0.2, 0.25) is 0 Å². The van der Waals surface area contributed by atoms with Crippen LogP contribution in [0.4, 0.5) is 5.69 Å². The zero-order chi connectivity index (χ0) is 17.2. The molecular weight excluding hydrogens is 316 g/mol. The summed E-state index contributed by atoms with van der Waals surface area (Å²) in [5.74, 6) is -0.0260. The largest absolute Gasteiger partial charge is 0.399 e. The van der Waals surface area contributed by atoms with Crippen LogP contribution < -0.4 is 5.73 Å². The highest BCUT2D eigenvalue weighted by molar-refractivity contribution is 6.01. The molecule has 1 saturated heterocycles. The predicted molar refractivity (Wildman–Crippen MR) is 95.4 cm³/mol. The lowest BCUT2D eigenvalue weighted by atomic mass is 10.1. The van der Waals surface area contributed by atoms with E-state index in [2.05, 4.69) is 17.2 Å². The third-order valence-electron chi connectivity index (χ3n) is 4.51. The number of rotatable bonds is 3. The Morgan fingerprint density at radius 3 is 2.96 bits per heavy atom. The number of nitrogens with zero attached hydrogens (tertiary/aromatic N) is 3. The summed E-state index contributed by atoms with van der Waals surface area (Å²) < 4.78 is 7.52. The number of carbonyl (C=O) groups excluding carboxylic acids is 1. The van der Waals surface area contributed by atoms with Gasteiger partial charge in [0, 0.05) is 31.4 Å². The monoisotopic (exact) mass is 336 g/mol. The van der Waals surface area contributed by atoms with E-state index in [1.54, 1.807) is 29.0 Å². The number of ether oxygens (including phenoxy) is 1. The van der Waals surface area contributed by atoms with Crippen LogP contribution in [-0.4, -0.2) is 46.2 Å². The molecule has 25 heavy (non-hydrogen) atoms. The van der Waals surface area contributed by atoms with Crippen LogP contribution in [0.25, 0.3) is 5.52 Å². The number of anilines is 1. The molecule has 1 unspecified atom stereocenters. The van der Waals surface area contributed by atoms with Gasteiger partial charge >= 0.3 is 0 Å². The summed E-state index contributed by atoms with van der Waals surface area (Å²) in [6.45, 7) is 1.71. The van der Waals surface area contributed by atoms with Gasteiger partial charge in [0.15, 0.2) is 0 Å². The van der Waals surface area contributed by atoms with E-state index in [1.807, 2.05) is 23.1 Å². The molecule has 3 aromatic rings. The van der Waals surface area contributed by atoms with E-state index < -0.39 is 0 Å². The van der Waals surface area contributed by atoms with Gasteiger partial charge in [-0.05, 0) is 17.7 Å². The molecule has 1 aliphatic heterocycles. The lowest BCUT2D eigenvalue weighted by Gasteiger charge is -2.33. The minimum atomic E-state index is -0.0260. The summed E-state index contributed by atoms with van der Waals surface area (Å²) in [4.78, 5) is 14.8. The summed E-state index contributed by atoms with van der Waals surface area (Å²) >= 11 is 0. The summed E-state index contributed by atoms with van der Waals surface area (Å²) in [7, 11) is 0. The molecular formula is C19H20N4O2. The fourth-order valence-corrected chi connectivity index (χ4v) is 3.24. The molecule has 128 valence electrons. The summed E-state index contributed by atoms with van der Waals surface area (Å²) in [6, 6.07) is 13.7. The van der Waals surface area contributed by atoms with Crippen molar-refractivity contribution >= 4 is 17.1 Å². The molecule has 0 aliphatic carbocycles. The van der Waals surface area contributed by atoms with Crippen LogP contribution in [0.5, 0.6) is 0 Å². The van der Waals surface area contributed by atoms with E-state index in [9.17, 15) is 4.79 Å². The van der Waals surface area contributed by atoms with E-state index in [0.717, 1.165) is 11.9 Å². The quantitative estimate of drug-likeness (QED) is 0.794. The molecule has 0 saturated carbocycles. The number of carbonyl (C=O) groups is 1. The molecule has 2 aromatic heterocycles. The summed E-state index contributed by atoms with van der Waals surface area (Å²) in [6.07, 6.45) is 4.18. The summed E-state index contributed by atoms with van der Waals surface area (Å²) in [5.41, 5.74) is 8.99. The fourth-order valence-electron chi connectivity index (χ4n) is 3.24. The number of morpholine rings is 1. The first-order valence-corrected chi connectivity index (χ1v) is 8.38. The normalized spacial score (nSPS) is 17.8. The fraction of sp³-hybridized carbons (Fsp3) is 0.263. The highest BCUT2D eigenvalue weighted by Gasteiger charge is 2.27. The molecule has 6 nitrogen and oxygen atoms in total. The average Bonchev–Trinajstić information content (AvgIpc) is 3.05. The molecule has 0 radical (unpaired) electrons. The molecule has 3 heterocycles. The third kappa shape index (κ3) is 3.21. The van der Waals surface area contributed by atoms with Crippen LogP contribution in [-0.2, 0) is 11.2 Å². The number of amides is 1. The van der Waals surface area contributed by atoms with Gasteiger partial charge in [0.1, 0.15) is 0 Å². The number of fused-ring (bicyclic) bond motifs is 1. The van der Waals surface area contributed by atoms with Crippen LogP contribution in [0.1, 0.15) is 15.9 Å². The lowest BCUT2D eigenvalue weighted by molar-refractivity contribution is -0.0207. The maximum absolute atomic E-state index is 13.0. The highest BCUT2D eigenvalue weighted by atomic mass is 16.5. The average molecular weight is 336 g/mol. The van der Waals surface area contributed by atoms with Gasteiger partial charge in [-0.25, -0.2) is 4.52 Å². The van der Waals surface area contributed by atoms with Gasteiger partial charge in [-0.1, -0.05) is 30.3 Å². The van der Waals surface area contributed by atoms with Gasteiger partial charge in [0.25, 0.3) is 5.91 Å². The van der Waals surface area contributed by atoms with Crippen molar-refractivity contribution in [1.29, 1.82) is 0 Å². The van der Waals surface area contributed by atoms with Crippen molar-refractivity contribution in [2.75, 3.05) is 25.4 Å². The molecule has 1 fully saturated rings. The van der Waals surface area contributed by atoms with E-state index in [0.29, 0.717) is 30.9 Å². The molecule has 1 amide bonds. The molecule has 1 aromatic carbocycles. The Morgan fingerprint density at radius 1 is 1.28 bits per heavy atom. The van der Waals surface area contributed by atoms with Crippen molar-refractivity contribution in [1.82, 2.24) is 14.5 Å². The predicted octanol–water partition coefficient (Wildman–Crippen LogP) is 2.00. The summed E-state index contributed by atoms with van der Waals surface area (Å²) in [5, 5.41) is 4.24. The number of pyridine rings is 1. The Kier molecular flexibility index (Phi) is 4.11. The van der Waals surface area contributed by atoms with Crippen LogP contribution in [0.15, 0.2) is 54.9 Å². The minimum absolute atomic E-state index is 0.00649. The van der Waals surface area contributed by atoms with Crippen LogP contribution in [0, 0.1) is 0 Å². The molecule has 0 bridgehead atoms. The smallest absolute Gasteiger partial charge is 0.257 e. The van der Waals surface area contributed by atoms with Gasteiger partial charge < -0.3 is 15.4 Å². The van der Waals surface area contributed by atoms with E-state index in [-0.39, 0.29) is 12.0 Å². The maximum atomic E-state index is 13.0. The Bertz CT molecular complexity index is 891. The third-order valence-corrected chi connectivity index (χ3v) is 4.51. The van der Waals surface area contributed by atoms with Crippen molar-refractivity contribution < 1.29 is 9.53 Å². The SMILES string of the molecule is Nc1ccn2ncc(C(=O)N3CCOC(Cc4ccccc4)C3)c2c1. The molecule has 0 spiro atoms. The molecule has 1 atom stereocenters. The zero-order valence-corrected chi connectivity index (χ0v) is 13.8. The van der Waals surface area contributed by atoms with E-state index >= 15 is 0 Å². The standard InChI is InChI=1S/C19H20N4O2/c20-15-6-7-23-18(11-15)17(12-21-23)19(24)22-8-9-25-16(13-22)10-14-4-2-1-3-5-14/h1-7,11-12,16H,8-10,13,20H2. The van der Waals surface area contributed by atoms with Gasteiger partial charge in [0.2, 0.25) is 0 Å². The molecule has 6 heteroatoms. The van der Waals surface area contributed by atoms with E-state index in [4.69, 9.17) is 10.5 Å². The Labute approximate surface area is 145 Å². The molecule has 4 rings (SSSR count). The first-order chi connectivity index (χ1) is 12.2. The second-order valence-electron chi connectivity index (χ2n) is 6.28. The van der Waals surface area contributed by atoms with Gasteiger partial charge in [-0.2, -0.15) is 5.10 Å². The van der Waals surface area contributed by atoms with Gasteiger partial charge in [0.05, 0.1) is 30.0 Å².